The van der Waals surface area contributed by atoms with Crippen LogP contribution in [0.3, 0.4) is 0 Å². The molecule has 0 spiro atoms. The summed E-state index contributed by atoms with van der Waals surface area (Å²) in [6.45, 7) is -0.688. The minimum Gasteiger partial charge on any atom is -0.457 e. The number of esters is 1. The van der Waals surface area contributed by atoms with E-state index in [0.29, 0.717) is 17.1 Å². The Balaban J connectivity index is 1.82. The fraction of sp³-hybridized carbons (Fsp3) is 0.211. The van der Waals surface area contributed by atoms with Crippen LogP contribution in [0.25, 0.3) is 17.4 Å². The molecule has 2 aromatic rings. The number of nitrogens with zero attached hydrogens (tertiary/aromatic N) is 1. The molecule has 0 saturated heterocycles. The maximum Gasteiger partial charge on any atom is 0.331 e. The van der Waals surface area contributed by atoms with Gasteiger partial charge in [-0.3, -0.25) is 9.59 Å². The molecule has 0 radical (unpaired) electrons. The summed E-state index contributed by atoms with van der Waals surface area (Å²) in [4.78, 5) is 35.8. The number of nitrogens with one attached hydrogen (secondary N) is 1. The van der Waals surface area contributed by atoms with Crippen LogP contribution in [0.4, 0.5) is 4.39 Å². The molecule has 0 aliphatic rings. The van der Waals surface area contributed by atoms with Crippen LogP contribution in [0.1, 0.15) is 5.76 Å². The van der Waals surface area contributed by atoms with Crippen LogP contribution in [0.5, 0.6) is 0 Å². The fourth-order valence-corrected chi connectivity index (χ4v) is 1.97. The molecule has 0 aliphatic heterocycles. The third-order valence-electron chi connectivity index (χ3n) is 3.43. The lowest BCUT2D eigenvalue weighted by atomic mass is 10.1. The Morgan fingerprint density at radius 2 is 1.93 bits per heavy atom. The van der Waals surface area contributed by atoms with Crippen molar-refractivity contribution in [2.75, 3.05) is 27.2 Å². The van der Waals surface area contributed by atoms with Gasteiger partial charge in [0.15, 0.2) is 6.61 Å². The summed E-state index contributed by atoms with van der Waals surface area (Å²) >= 11 is 0. The Bertz CT molecular complexity index is 857. The second kappa shape index (κ2) is 9.33. The lowest BCUT2D eigenvalue weighted by Gasteiger charge is -2.10. The third kappa shape index (κ3) is 6.10. The van der Waals surface area contributed by atoms with Gasteiger partial charge in [0.25, 0.3) is 5.91 Å². The molecule has 1 N–H and O–H groups in total. The van der Waals surface area contributed by atoms with Crippen molar-refractivity contribution in [2.24, 2.45) is 0 Å². The molecule has 0 saturated carbocycles. The smallest absolute Gasteiger partial charge is 0.331 e. The highest BCUT2D eigenvalue weighted by molar-refractivity contribution is 5.90. The van der Waals surface area contributed by atoms with Crippen molar-refractivity contribution in [3.8, 4) is 11.3 Å². The van der Waals surface area contributed by atoms with Crippen molar-refractivity contribution >= 4 is 23.9 Å². The highest BCUT2D eigenvalue weighted by Crippen LogP contribution is 2.25. The molecule has 1 aromatic carbocycles. The first kappa shape index (κ1) is 19.9. The zero-order valence-corrected chi connectivity index (χ0v) is 14.9. The lowest BCUT2D eigenvalue weighted by molar-refractivity contribution is -0.144. The Kier molecular flexibility index (Phi) is 6.87. The molecular formula is C19H19FN2O5. The van der Waals surface area contributed by atoms with Crippen molar-refractivity contribution in [3.63, 3.8) is 0 Å². The molecule has 0 bridgehead atoms. The topological polar surface area (TPSA) is 88.9 Å². The molecule has 0 atom stereocenters. The maximum absolute atomic E-state index is 13.7. The second-order valence-corrected chi connectivity index (χ2v) is 5.69. The summed E-state index contributed by atoms with van der Waals surface area (Å²) in [5, 5.41) is 2.33. The number of rotatable bonds is 7. The molecule has 0 fully saturated rings. The number of likely N-dealkylation sites (N-methyl/N-ethyl adjacent to an activating group) is 1. The first-order chi connectivity index (χ1) is 12.9. The van der Waals surface area contributed by atoms with Crippen LogP contribution < -0.4 is 5.32 Å². The van der Waals surface area contributed by atoms with Gasteiger partial charge in [0.05, 0.1) is 12.1 Å². The Morgan fingerprint density at radius 3 is 2.63 bits per heavy atom. The average Bonchev–Trinajstić information content (AvgIpc) is 3.11. The lowest BCUT2D eigenvalue weighted by Crippen LogP contribution is -2.38. The Labute approximate surface area is 155 Å². The standard InChI is InChI=1S/C19H19FN2O5/c1-22(2)18(24)11-21-17(23)12-26-19(25)10-8-13-7-9-16(27-13)14-5-3-4-6-15(14)20/h3-10H,11-12H2,1-2H3,(H,21,23)/b10-8+. The number of hydrogen-bond acceptors (Lipinski definition) is 5. The third-order valence-corrected chi connectivity index (χ3v) is 3.43. The first-order valence-corrected chi connectivity index (χ1v) is 8.03. The van der Waals surface area contributed by atoms with Gasteiger partial charge in [0.1, 0.15) is 17.3 Å². The summed E-state index contributed by atoms with van der Waals surface area (Å²) in [7, 11) is 3.12. The predicted octanol–water partition coefficient (Wildman–Crippen LogP) is 1.85. The van der Waals surface area contributed by atoms with E-state index in [4.69, 9.17) is 9.15 Å². The molecule has 1 heterocycles. The van der Waals surface area contributed by atoms with Crippen molar-refractivity contribution in [2.45, 2.75) is 0 Å². The number of halogens is 1. The van der Waals surface area contributed by atoms with E-state index in [2.05, 4.69) is 5.32 Å². The second-order valence-electron chi connectivity index (χ2n) is 5.69. The van der Waals surface area contributed by atoms with E-state index < -0.39 is 24.3 Å². The van der Waals surface area contributed by atoms with Gasteiger partial charge in [-0.1, -0.05) is 12.1 Å². The van der Waals surface area contributed by atoms with E-state index in [1.165, 1.54) is 17.0 Å². The van der Waals surface area contributed by atoms with Crippen LogP contribution in [0, 0.1) is 5.82 Å². The van der Waals surface area contributed by atoms with E-state index in [0.717, 1.165) is 6.08 Å². The summed E-state index contributed by atoms with van der Waals surface area (Å²) in [5.74, 6) is -1.39. The number of carbonyl (C=O) groups is 3. The number of amides is 2. The van der Waals surface area contributed by atoms with Gasteiger partial charge >= 0.3 is 5.97 Å². The highest BCUT2D eigenvalue weighted by Gasteiger charge is 2.10. The molecule has 7 nitrogen and oxygen atoms in total. The van der Waals surface area contributed by atoms with Gasteiger partial charge in [-0.15, -0.1) is 0 Å². The normalized spacial score (nSPS) is 10.6. The van der Waals surface area contributed by atoms with Crippen LogP contribution in [0.15, 0.2) is 46.9 Å². The summed E-state index contributed by atoms with van der Waals surface area (Å²) in [6, 6.07) is 9.32. The number of ether oxygens (including phenoxy) is 1. The molecule has 27 heavy (non-hydrogen) atoms. The molecule has 1 aromatic heterocycles. The molecule has 2 amide bonds. The molecular weight excluding hydrogens is 355 g/mol. The monoisotopic (exact) mass is 374 g/mol. The van der Waals surface area contributed by atoms with Gasteiger partial charge in [-0.2, -0.15) is 0 Å². The summed E-state index contributed by atoms with van der Waals surface area (Å²) < 4.78 is 23.9. The number of hydrogen-bond donors (Lipinski definition) is 1. The SMILES string of the molecule is CN(C)C(=O)CNC(=O)COC(=O)/C=C/c1ccc(-c2ccccc2F)o1. The van der Waals surface area contributed by atoms with Gasteiger partial charge in [-0.25, -0.2) is 9.18 Å². The van der Waals surface area contributed by atoms with Crippen molar-refractivity contribution in [1.29, 1.82) is 0 Å². The minimum absolute atomic E-state index is 0.176. The van der Waals surface area contributed by atoms with E-state index >= 15 is 0 Å². The van der Waals surface area contributed by atoms with Gasteiger partial charge < -0.3 is 19.4 Å². The largest absolute Gasteiger partial charge is 0.457 e. The van der Waals surface area contributed by atoms with E-state index in [1.807, 2.05) is 0 Å². The predicted molar refractivity (Wildman–Crippen MR) is 95.8 cm³/mol. The van der Waals surface area contributed by atoms with Crippen LogP contribution >= 0.6 is 0 Å². The summed E-state index contributed by atoms with van der Waals surface area (Å²) in [6.07, 6.45) is 2.43. The van der Waals surface area contributed by atoms with Crippen molar-refractivity contribution in [1.82, 2.24) is 10.2 Å². The fourth-order valence-electron chi connectivity index (χ4n) is 1.97. The number of benzene rings is 1. The zero-order chi connectivity index (χ0) is 19.8. The molecule has 2 rings (SSSR count). The van der Waals surface area contributed by atoms with Crippen molar-refractivity contribution < 1.29 is 27.9 Å². The van der Waals surface area contributed by atoms with Gasteiger partial charge in [0, 0.05) is 20.2 Å². The van der Waals surface area contributed by atoms with Gasteiger partial charge in [0.2, 0.25) is 5.91 Å². The average molecular weight is 374 g/mol. The first-order valence-electron chi connectivity index (χ1n) is 8.03. The van der Waals surface area contributed by atoms with E-state index in [9.17, 15) is 18.8 Å². The Morgan fingerprint density at radius 1 is 1.19 bits per heavy atom. The molecule has 0 unspecified atom stereocenters. The zero-order valence-electron chi connectivity index (χ0n) is 14.9. The summed E-state index contributed by atoms with van der Waals surface area (Å²) in [5.41, 5.74) is 0.309. The minimum atomic E-state index is -0.757. The van der Waals surface area contributed by atoms with Crippen LogP contribution in [-0.2, 0) is 19.1 Å². The maximum atomic E-state index is 13.7. The molecule has 142 valence electrons. The molecule has 0 aliphatic carbocycles. The highest BCUT2D eigenvalue weighted by atomic mass is 19.1. The molecule has 8 heteroatoms. The van der Waals surface area contributed by atoms with Crippen LogP contribution in [-0.4, -0.2) is 49.9 Å². The quantitative estimate of drug-likeness (QED) is 0.590. The van der Waals surface area contributed by atoms with Crippen LogP contribution in [0.2, 0.25) is 0 Å². The number of furan rings is 1. The van der Waals surface area contributed by atoms with E-state index in [-0.39, 0.29) is 12.5 Å². The van der Waals surface area contributed by atoms with Crippen molar-refractivity contribution in [3.05, 3.63) is 54.1 Å². The number of carbonyl (C=O) groups excluding carboxylic acids is 3. The van der Waals surface area contributed by atoms with E-state index in [1.54, 1.807) is 44.4 Å². The Hall–Kier alpha value is -3.42. The van der Waals surface area contributed by atoms with Gasteiger partial charge in [-0.05, 0) is 30.3 Å².